The number of fused-ring (bicyclic) bond motifs is 5. The summed E-state index contributed by atoms with van der Waals surface area (Å²) in [7, 11) is 0. The maximum atomic E-state index is 13.9. The van der Waals surface area contributed by atoms with E-state index in [2.05, 4.69) is 86.7 Å². The number of carbonyl (C=O) groups excluding carboxylic acids is 2. The zero-order chi connectivity index (χ0) is 26.7. The number of anilines is 1. The van der Waals surface area contributed by atoms with Gasteiger partial charge in [0.15, 0.2) is 0 Å². The van der Waals surface area contributed by atoms with Crippen LogP contribution in [-0.2, 0) is 9.59 Å². The van der Waals surface area contributed by atoms with Crippen LogP contribution in [0.1, 0.15) is 22.3 Å². The summed E-state index contributed by atoms with van der Waals surface area (Å²) in [6.07, 6.45) is 4.33. The predicted octanol–water partition coefficient (Wildman–Crippen LogP) is 7.39. The molecule has 0 unspecified atom stereocenters. The van der Waals surface area contributed by atoms with Crippen molar-refractivity contribution in [2.75, 3.05) is 4.90 Å². The standard InChI is InChI=1S/C36H29NO2/c1-22-8-12-26(13-9-22)31(27-14-10-23(2)11-15-27)32-29-20-21-30(32)34-33(29)35(38)37(36(34)39)28-18-16-25(17-19-28)24-6-4-3-5-7-24/h3-21,29-30,33-34H,1-2H3/t29-,30-,33+,34+/m1/s1. The van der Waals surface area contributed by atoms with Crippen LogP contribution >= 0.6 is 0 Å². The minimum absolute atomic E-state index is 0.0809. The van der Waals surface area contributed by atoms with Gasteiger partial charge in [0.25, 0.3) is 0 Å². The topological polar surface area (TPSA) is 37.4 Å². The van der Waals surface area contributed by atoms with Crippen molar-refractivity contribution in [3.05, 3.63) is 143 Å². The molecule has 0 aromatic heterocycles. The van der Waals surface area contributed by atoms with Gasteiger partial charge >= 0.3 is 0 Å². The van der Waals surface area contributed by atoms with Crippen LogP contribution in [-0.4, -0.2) is 11.8 Å². The molecule has 190 valence electrons. The highest BCUT2D eigenvalue weighted by atomic mass is 16.2. The Morgan fingerprint density at radius 2 is 1.03 bits per heavy atom. The van der Waals surface area contributed by atoms with E-state index in [0.717, 1.165) is 27.8 Å². The van der Waals surface area contributed by atoms with Crippen molar-refractivity contribution < 1.29 is 9.59 Å². The van der Waals surface area contributed by atoms with E-state index in [9.17, 15) is 9.59 Å². The average Bonchev–Trinajstić information content (AvgIpc) is 3.60. The largest absolute Gasteiger partial charge is 0.274 e. The van der Waals surface area contributed by atoms with E-state index in [1.54, 1.807) is 0 Å². The molecule has 39 heavy (non-hydrogen) atoms. The van der Waals surface area contributed by atoms with Crippen molar-refractivity contribution in [3.8, 4) is 11.1 Å². The number of imide groups is 1. The lowest BCUT2D eigenvalue weighted by Crippen LogP contribution is -2.33. The minimum atomic E-state index is -0.359. The van der Waals surface area contributed by atoms with Crippen molar-refractivity contribution in [2.24, 2.45) is 23.7 Å². The molecular formula is C36H29NO2. The predicted molar refractivity (Wildman–Crippen MR) is 156 cm³/mol. The zero-order valence-corrected chi connectivity index (χ0v) is 22.0. The Morgan fingerprint density at radius 1 is 0.564 bits per heavy atom. The van der Waals surface area contributed by atoms with Gasteiger partial charge in [-0.2, -0.15) is 0 Å². The molecule has 2 fully saturated rings. The highest BCUT2D eigenvalue weighted by Gasteiger charge is 2.62. The Kier molecular flexibility index (Phi) is 5.48. The van der Waals surface area contributed by atoms with E-state index >= 15 is 0 Å². The smallest absolute Gasteiger partial charge is 0.238 e. The van der Waals surface area contributed by atoms with E-state index in [-0.39, 0.29) is 35.5 Å². The van der Waals surface area contributed by atoms with Gasteiger partial charge in [-0.25, -0.2) is 4.90 Å². The van der Waals surface area contributed by atoms with Crippen molar-refractivity contribution >= 4 is 23.1 Å². The van der Waals surface area contributed by atoms with Gasteiger partial charge in [-0.15, -0.1) is 0 Å². The third-order valence-corrected chi connectivity index (χ3v) is 8.62. The summed E-state index contributed by atoms with van der Waals surface area (Å²) in [5.41, 5.74) is 9.86. The first-order chi connectivity index (χ1) is 19.0. The highest BCUT2D eigenvalue weighted by Crippen LogP contribution is 2.59. The summed E-state index contributed by atoms with van der Waals surface area (Å²) in [5.74, 6) is -1.05. The van der Waals surface area contributed by atoms with Gasteiger partial charge in [-0.1, -0.05) is 114 Å². The molecular weight excluding hydrogens is 478 g/mol. The van der Waals surface area contributed by atoms with Gasteiger partial charge in [0.2, 0.25) is 11.8 Å². The maximum absolute atomic E-state index is 13.9. The third kappa shape index (κ3) is 3.72. The number of nitrogens with zero attached hydrogens (tertiary/aromatic N) is 1. The number of rotatable bonds is 4. The van der Waals surface area contributed by atoms with Crippen LogP contribution in [0.15, 0.2) is 121 Å². The summed E-state index contributed by atoms with van der Waals surface area (Å²) >= 11 is 0. The summed E-state index contributed by atoms with van der Waals surface area (Å²) in [5, 5.41) is 0. The van der Waals surface area contributed by atoms with Crippen LogP contribution in [0.5, 0.6) is 0 Å². The molecule has 1 heterocycles. The Balaban J connectivity index is 1.28. The number of benzene rings is 4. The van der Waals surface area contributed by atoms with Gasteiger partial charge in [-0.05, 0) is 59.4 Å². The normalized spacial score (nSPS) is 23.0. The van der Waals surface area contributed by atoms with Gasteiger partial charge in [0.05, 0.1) is 17.5 Å². The molecule has 0 radical (unpaired) electrons. The quantitative estimate of drug-likeness (QED) is 0.213. The van der Waals surface area contributed by atoms with Crippen molar-refractivity contribution in [1.82, 2.24) is 0 Å². The molecule has 1 aliphatic heterocycles. The Morgan fingerprint density at radius 3 is 1.51 bits per heavy atom. The summed E-state index contributed by atoms with van der Waals surface area (Å²) in [4.78, 5) is 29.3. The number of aryl methyl sites for hydroxylation is 2. The lowest BCUT2D eigenvalue weighted by Gasteiger charge is -2.22. The second-order valence-electron chi connectivity index (χ2n) is 11.0. The average molecular weight is 508 g/mol. The first kappa shape index (κ1) is 23.6. The second-order valence-corrected chi connectivity index (χ2v) is 11.0. The monoisotopic (exact) mass is 507 g/mol. The maximum Gasteiger partial charge on any atom is 0.238 e. The fourth-order valence-electron chi connectivity index (χ4n) is 6.73. The number of hydrogen-bond acceptors (Lipinski definition) is 2. The molecule has 0 spiro atoms. The molecule has 7 rings (SSSR count). The summed E-state index contributed by atoms with van der Waals surface area (Å²) in [6, 6.07) is 35.1. The fraction of sp³-hybridized carbons (Fsp3) is 0.167. The number of carbonyl (C=O) groups is 2. The van der Waals surface area contributed by atoms with Crippen LogP contribution in [0.4, 0.5) is 5.69 Å². The molecule has 2 aliphatic carbocycles. The molecule has 1 saturated heterocycles. The molecule has 3 nitrogen and oxygen atoms in total. The van der Waals surface area contributed by atoms with Crippen LogP contribution in [0.3, 0.4) is 0 Å². The lowest BCUT2D eigenvalue weighted by molar-refractivity contribution is -0.122. The van der Waals surface area contributed by atoms with E-state index in [1.807, 2.05) is 42.5 Å². The molecule has 3 aliphatic rings. The molecule has 3 heteroatoms. The van der Waals surface area contributed by atoms with E-state index < -0.39 is 0 Å². The molecule has 4 aromatic rings. The molecule has 4 atom stereocenters. The minimum Gasteiger partial charge on any atom is -0.274 e. The van der Waals surface area contributed by atoms with Crippen molar-refractivity contribution in [3.63, 3.8) is 0 Å². The highest BCUT2D eigenvalue weighted by molar-refractivity contribution is 6.23. The second kappa shape index (κ2) is 9.06. The number of amides is 2. The Hall–Kier alpha value is -4.50. The Bertz CT molecular complexity index is 1560. The first-order valence-corrected chi connectivity index (χ1v) is 13.6. The fourth-order valence-corrected chi connectivity index (χ4v) is 6.73. The van der Waals surface area contributed by atoms with E-state index in [4.69, 9.17) is 0 Å². The number of hydrogen-bond donors (Lipinski definition) is 0. The molecule has 2 amide bonds. The molecule has 0 N–H and O–H groups in total. The summed E-state index contributed by atoms with van der Waals surface area (Å²) in [6.45, 7) is 4.18. The lowest BCUT2D eigenvalue weighted by atomic mass is 9.85. The van der Waals surface area contributed by atoms with Gasteiger partial charge < -0.3 is 0 Å². The van der Waals surface area contributed by atoms with Gasteiger partial charge in [-0.3, -0.25) is 9.59 Å². The van der Waals surface area contributed by atoms with Crippen LogP contribution in [0.2, 0.25) is 0 Å². The first-order valence-electron chi connectivity index (χ1n) is 13.6. The third-order valence-electron chi connectivity index (χ3n) is 8.62. The van der Waals surface area contributed by atoms with Crippen molar-refractivity contribution in [2.45, 2.75) is 13.8 Å². The number of allylic oxidation sites excluding steroid dienone is 3. The molecule has 4 aromatic carbocycles. The van der Waals surface area contributed by atoms with Crippen LogP contribution in [0, 0.1) is 37.5 Å². The van der Waals surface area contributed by atoms with Gasteiger partial charge in [0.1, 0.15) is 0 Å². The summed E-state index contributed by atoms with van der Waals surface area (Å²) < 4.78 is 0. The van der Waals surface area contributed by atoms with E-state index in [0.29, 0.717) is 5.69 Å². The molecule has 2 bridgehead atoms. The van der Waals surface area contributed by atoms with Crippen LogP contribution < -0.4 is 4.90 Å². The zero-order valence-electron chi connectivity index (χ0n) is 22.0. The SMILES string of the molecule is Cc1ccc(C(=C2[C@H]3C=C[C@H]2[C@@H]2C(=O)N(c4ccc(-c5ccccc5)cc4)C(=O)[C@H]23)c2ccc(C)cc2)cc1. The Labute approximate surface area is 229 Å². The van der Waals surface area contributed by atoms with Crippen molar-refractivity contribution in [1.29, 1.82) is 0 Å². The van der Waals surface area contributed by atoms with Gasteiger partial charge in [0, 0.05) is 11.8 Å². The van der Waals surface area contributed by atoms with Crippen LogP contribution in [0.25, 0.3) is 16.7 Å². The molecule has 1 saturated carbocycles. The van der Waals surface area contributed by atoms with E-state index in [1.165, 1.54) is 21.6 Å².